The second-order valence-corrected chi connectivity index (χ2v) is 5.48. The molecule has 0 amide bonds. The van der Waals surface area contributed by atoms with E-state index < -0.39 is 0 Å². The fourth-order valence-corrected chi connectivity index (χ4v) is 3.93. The Balaban J connectivity index is 2.28. The minimum Gasteiger partial charge on any atom is -0.148 e. The summed E-state index contributed by atoms with van der Waals surface area (Å²) in [5, 5.41) is 2.17. The molecule has 2 atom stereocenters. The van der Waals surface area contributed by atoms with Gasteiger partial charge in [0.15, 0.2) is 0 Å². The maximum absolute atomic E-state index is 5.95. The molecule has 1 fully saturated rings. The van der Waals surface area contributed by atoms with E-state index in [2.05, 4.69) is 31.4 Å². The van der Waals surface area contributed by atoms with Crippen LogP contribution in [0.4, 0.5) is 0 Å². The molecule has 1 aromatic heterocycles. The molecule has 0 nitrogen and oxygen atoms in total. The summed E-state index contributed by atoms with van der Waals surface area (Å²) in [6.45, 7) is 4.62. The van der Waals surface area contributed by atoms with Crippen molar-refractivity contribution >= 4 is 22.9 Å². The van der Waals surface area contributed by atoms with Crippen molar-refractivity contribution in [3.05, 3.63) is 22.4 Å². The number of hydrogen-bond acceptors (Lipinski definition) is 1. The molecule has 2 heteroatoms. The van der Waals surface area contributed by atoms with Crippen molar-refractivity contribution in [2.75, 3.05) is 5.88 Å². The molecule has 0 aliphatic heterocycles. The minimum atomic E-state index is 0.427. The Morgan fingerprint density at radius 3 is 2.85 bits per heavy atom. The van der Waals surface area contributed by atoms with E-state index in [1.807, 2.05) is 11.3 Å². The van der Waals surface area contributed by atoms with Crippen LogP contribution >= 0.6 is 22.9 Å². The zero-order valence-corrected chi connectivity index (χ0v) is 9.66. The summed E-state index contributed by atoms with van der Waals surface area (Å²) in [4.78, 5) is 1.54. The molecule has 0 saturated heterocycles. The molecule has 0 aromatic carbocycles. The zero-order valence-electron chi connectivity index (χ0n) is 8.09. The largest absolute Gasteiger partial charge is 0.148 e. The van der Waals surface area contributed by atoms with E-state index in [4.69, 9.17) is 11.6 Å². The minimum absolute atomic E-state index is 0.427. The maximum atomic E-state index is 5.95. The lowest BCUT2D eigenvalue weighted by atomic mass is 9.88. The van der Waals surface area contributed by atoms with Crippen LogP contribution in [0.15, 0.2) is 17.5 Å². The van der Waals surface area contributed by atoms with E-state index in [0.29, 0.717) is 11.3 Å². The smallest absolute Gasteiger partial charge is 0.0261 e. The van der Waals surface area contributed by atoms with Crippen molar-refractivity contribution in [2.24, 2.45) is 11.8 Å². The zero-order chi connectivity index (χ0) is 9.47. The third-order valence-electron chi connectivity index (χ3n) is 3.35. The standard InChI is InChI=1S/C11H15ClS/c1-8(2)11(6-9(11)7-12)10-4-3-5-13-10/h3-5,8-9H,6-7H2,1-2H3. The average Bonchev–Trinajstić information content (AvgIpc) is 2.62. The van der Waals surface area contributed by atoms with Gasteiger partial charge in [-0.05, 0) is 29.7 Å². The van der Waals surface area contributed by atoms with Crippen molar-refractivity contribution in [1.29, 1.82) is 0 Å². The van der Waals surface area contributed by atoms with Crippen LogP contribution in [0.5, 0.6) is 0 Å². The summed E-state index contributed by atoms with van der Waals surface area (Å²) >= 11 is 7.83. The molecular weight excluding hydrogens is 200 g/mol. The second kappa shape index (κ2) is 3.29. The van der Waals surface area contributed by atoms with Crippen LogP contribution in [-0.2, 0) is 5.41 Å². The topological polar surface area (TPSA) is 0 Å². The third-order valence-corrected chi connectivity index (χ3v) is 4.78. The van der Waals surface area contributed by atoms with Gasteiger partial charge in [-0.25, -0.2) is 0 Å². The highest BCUT2D eigenvalue weighted by atomic mass is 35.5. The summed E-state index contributed by atoms with van der Waals surface area (Å²) in [6.07, 6.45) is 1.29. The molecule has 0 radical (unpaired) electrons. The predicted octanol–water partition coefficient (Wildman–Crippen LogP) is 3.90. The fourth-order valence-electron chi connectivity index (χ4n) is 2.38. The summed E-state index contributed by atoms with van der Waals surface area (Å²) in [5.74, 6) is 2.25. The van der Waals surface area contributed by atoms with Gasteiger partial charge in [-0.2, -0.15) is 0 Å². The Bertz CT molecular complexity index is 278. The van der Waals surface area contributed by atoms with Crippen LogP contribution in [0, 0.1) is 11.8 Å². The van der Waals surface area contributed by atoms with Gasteiger partial charge in [-0.15, -0.1) is 22.9 Å². The lowest BCUT2D eigenvalue weighted by molar-refractivity contribution is 0.458. The van der Waals surface area contributed by atoms with E-state index in [1.54, 1.807) is 0 Å². The van der Waals surface area contributed by atoms with Gasteiger partial charge >= 0.3 is 0 Å². The molecule has 0 bridgehead atoms. The molecule has 2 unspecified atom stereocenters. The van der Waals surface area contributed by atoms with E-state index in [9.17, 15) is 0 Å². The molecule has 0 spiro atoms. The molecule has 72 valence electrons. The lowest BCUT2D eigenvalue weighted by Gasteiger charge is -2.19. The maximum Gasteiger partial charge on any atom is 0.0261 e. The first-order valence-corrected chi connectivity index (χ1v) is 6.23. The summed E-state index contributed by atoms with van der Waals surface area (Å²) in [5.41, 5.74) is 0.427. The first-order valence-electron chi connectivity index (χ1n) is 4.81. The Labute approximate surface area is 88.9 Å². The molecular formula is C11H15ClS. The monoisotopic (exact) mass is 214 g/mol. The first kappa shape index (κ1) is 9.54. The van der Waals surface area contributed by atoms with Crippen LogP contribution in [0.3, 0.4) is 0 Å². The van der Waals surface area contributed by atoms with E-state index in [-0.39, 0.29) is 0 Å². The van der Waals surface area contributed by atoms with Gasteiger partial charge in [0.05, 0.1) is 0 Å². The first-order chi connectivity index (χ1) is 6.21. The van der Waals surface area contributed by atoms with E-state index in [0.717, 1.165) is 11.8 Å². The van der Waals surface area contributed by atoms with Crippen LogP contribution in [0.1, 0.15) is 25.1 Å². The van der Waals surface area contributed by atoms with Crippen molar-refractivity contribution in [2.45, 2.75) is 25.7 Å². The molecule has 1 saturated carbocycles. The highest BCUT2D eigenvalue weighted by Gasteiger charge is 2.56. The Kier molecular flexibility index (Phi) is 2.41. The second-order valence-electron chi connectivity index (χ2n) is 4.23. The molecule has 13 heavy (non-hydrogen) atoms. The third kappa shape index (κ3) is 1.33. The van der Waals surface area contributed by atoms with Crippen LogP contribution in [0.25, 0.3) is 0 Å². The van der Waals surface area contributed by atoms with Crippen LogP contribution in [0.2, 0.25) is 0 Å². The summed E-state index contributed by atoms with van der Waals surface area (Å²) in [6, 6.07) is 4.41. The number of halogens is 1. The predicted molar refractivity (Wildman–Crippen MR) is 59.7 cm³/mol. The van der Waals surface area contributed by atoms with Gasteiger partial charge in [-0.3, -0.25) is 0 Å². The highest BCUT2D eigenvalue weighted by Crippen LogP contribution is 2.60. The average molecular weight is 215 g/mol. The Morgan fingerprint density at radius 1 is 1.69 bits per heavy atom. The van der Waals surface area contributed by atoms with Crippen molar-refractivity contribution in [1.82, 2.24) is 0 Å². The lowest BCUT2D eigenvalue weighted by Crippen LogP contribution is -2.17. The molecule has 1 aliphatic carbocycles. The SMILES string of the molecule is CC(C)C1(c2cccs2)CC1CCl. The van der Waals surface area contributed by atoms with Crippen LogP contribution < -0.4 is 0 Å². The molecule has 2 rings (SSSR count). The fraction of sp³-hybridized carbons (Fsp3) is 0.636. The normalized spacial score (nSPS) is 32.5. The number of hydrogen-bond donors (Lipinski definition) is 0. The van der Waals surface area contributed by atoms with Gasteiger partial charge < -0.3 is 0 Å². The van der Waals surface area contributed by atoms with Gasteiger partial charge in [0.1, 0.15) is 0 Å². The van der Waals surface area contributed by atoms with Gasteiger partial charge in [0.2, 0.25) is 0 Å². The van der Waals surface area contributed by atoms with Crippen molar-refractivity contribution < 1.29 is 0 Å². The Morgan fingerprint density at radius 2 is 2.46 bits per heavy atom. The summed E-state index contributed by atoms with van der Waals surface area (Å²) < 4.78 is 0. The summed E-state index contributed by atoms with van der Waals surface area (Å²) in [7, 11) is 0. The van der Waals surface area contributed by atoms with E-state index in [1.165, 1.54) is 11.3 Å². The number of thiophene rings is 1. The van der Waals surface area contributed by atoms with Crippen LogP contribution in [-0.4, -0.2) is 5.88 Å². The van der Waals surface area contributed by atoms with E-state index >= 15 is 0 Å². The van der Waals surface area contributed by atoms with Gasteiger partial charge in [-0.1, -0.05) is 19.9 Å². The Hall–Kier alpha value is -0.0100. The number of alkyl halides is 1. The quantitative estimate of drug-likeness (QED) is 0.670. The van der Waals surface area contributed by atoms with Gasteiger partial charge in [0.25, 0.3) is 0 Å². The highest BCUT2D eigenvalue weighted by molar-refractivity contribution is 7.10. The van der Waals surface area contributed by atoms with Crippen molar-refractivity contribution in [3.63, 3.8) is 0 Å². The number of rotatable bonds is 3. The van der Waals surface area contributed by atoms with Gasteiger partial charge in [0, 0.05) is 16.2 Å². The molecule has 1 aromatic rings. The van der Waals surface area contributed by atoms with Crippen molar-refractivity contribution in [3.8, 4) is 0 Å². The molecule has 1 heterocycles. The molecule has 0 N–H and O–H groups in total. The molecule has 1 aliphatic rings.